The number of anilines is 1. The average Bonchev–Trinajstić information content (AvgIpc) is 3.52. The first-order chi connectivity index (χ1) is 18.5. The van der Waals surface area contributed by atoms with Crippen LogP contribution in [0.3, 0.4) is 0 Å². The Morgan fingerprint density at radius 2 is 1.92 bits per heavy atom. The molecule has 2 aromatic heterocycles. The quantitative estimate of drug-likeness (QED) is 0.0811. The molecule has 0 bridgehead atoms. The summed E-state index contributed by atoms with van der Waals surface area (Å²) < 4.78 is 3.17. The van der Waals surface area contributed by atoms with Crippen LogP contribution in [-0.2, 0) is 11.3 Å². The summed E-state index contributed by atoms with van der Waals surface area (Å²) in [4.78, 5) is 16.0. The Labute approximate surface area is 238 Å². The summed E-state index contributed by atoms with van der Waals surface area (Å²) in [6, 6.07) is 24.1. The third kappa shape index (κ3) is 5.91. The van der Waals surface area contributed by atoms with Crippen LogP contribution in [0.25, 0.3) is 16.6 Å². The van der Waals surface area contributed by atoms with E-state index in [0.717, 1.165) is 39.2 Å². The standard InChI is InChI=1S/C28H26IN7OS/c1-18-14-21(29)12-13-24(18)31-17-26-33-35-28(36(26)22-8-4-3-5-9-22)38-19(2)27(37)34-32-16-20-15-30-25-11-7-6-10-23(20)25/h3-16,19,30-31H,17H2,1-2H3,(H,34,37)/b32-16-/t19-/m1/s1. The van der Waals surface area contributed by atoms with Crippen LogP contribution in [0, 0.1) is 10.5 Å². The van der Waals surface area contributed by atoms with Crippen molar-refractivity contribution >= 4 is 63.1 Å². The van der Waals surface area contributed by atoms with Crippen molar-refractivity contribution in [3.63, 3.8) is 0 Å². The molecule has 5 rings (SSSR count). The van der Waals surface area contributed by atoms with Gasteiger partial charge in [0.1, 0.15) is 0 Å². The molecule has 0 saturated carbocycles. The SMILES string of the molecule is Cc1cc(I)ccc1NCc1nnc(S[C@H](C)C(=O)N/N=C\c2c[nH]c3ccccc23)n1-c1ccccc1. The smallest absolute Gasteiger partial charge is 0.253 e. The molecule has 2 heterocycles. The van der Waals surface area contributed by atoms with E-state index in [9.17, 15) is 4.79 Å². The van der Waals surface area contributed by atoms with Gasteiger partial charge in [-0.3, -0.25) is 9.36 Å². The number of carbonyl (C=O) groups excluding carboxylic acids is 1. The lowest BCUT2D eigenvalue weighted by Crippen LogP contribution is -2.27. The summed E-state index contributed by atoms with van der Waals surface area (Å²) in [5.41, 5.74) is 7.72. The molecule has 3 N–H and O–H groups in total. The van der Waals surface area contributed by atoms with Crippen molar-refractivity contribution in [3.05, 3.63) is 99.5 Å². The van der Waals surface area contributed by atoms with Crippen molar-refractivity contribution in [2.75, 3.05) is 5.32 Å². The van der Waals surface area contributed by atoms with Crippen LogP contribution in [-0.4, -0.2) is 37.1 Å². The van der Waals surface area contributed by atoms with Crippen molar-refractivity contribution in [1.29, 1.82) is 0 Å². The van der Waals surface area contributed by atoms with Gasteiger partial charge in [-0.15, -0.1) is 10.2 Å². The van der Waals surface area contributed by atoms with E-state index in [-0.39, 0.29) is 5.91 Å². The number of halogens is 1. The topological polar surface area (TPSA) is 100.0 Å². The van der Waals surface area contributed by atoms with Gasteiger partial charge < -0.3 is 10.3 Å². The number of amides is 1. The Morgan fingerprint density at radius 1 is 1.13 bits per heavy atom. The Balaban J connectivity index is 1.30. The van der Waals surface area contributed by atoms with Crippen LogP contribution in [0.15, 0.2) is 89.3 Å². The third-order valence-electron chi connectivity index (χ3n) is 5.99. The number of aryl methyl sites for hydroxylation is 1. The summed E-state index contributed by atoms with van der Waals surface area (Å²) in [5.74, 6) is 0.532. The highest BCUT2D eigenvalue weighted by Gasteiger charge is 2.21. The molecule has 0 unspecified atom stereocenters. The number of benzene rings is 3. The lowest BCUT2D eigenvalue weighted by atomic mass is 10.2. The summed E-state index contributed by atoms with van der Waals surface area (Å²) in [6.07, 6.45) is 3.52. The molecule has 1 atom stereocenters. The maximum Gasteiger partial charge on any atom is 0.253 e. The summed E-state index contributed by atoms with van der Waals surface area (Å²) >= 11 is 3.65. The van der Waals surface area contributed by atoms with E-state index in [1.54, 1.807) is 6.21 Å². The first-order valence-corrected chi connectivity index (χ1v) is 14.0. The molecule has 38 heavy (non-hydrogen) atoms. The van der Waals surface area contributed by atoms with Gasteiger partial charge in [-0.05, 0) is 78.4 Å². The van der Waals surface area contributed by atoms with Crippen LogP contribution in [0.4, 0.5) is 5.69 Å². The molecule has 3 aromatic carbocycles. The summed E-state index contributed by atoms with van der Waals surface area (Å²) in [6.45, 7) is 4.40. The summed E-state index contributed by atoms with van der Waals surface area (Å²) in [5, 5.41) is 17.8. The maximum atomic E-state index is 12.8. The number of aromatic amines is 1. The van der Waals surface area contributed by atoms with E-state index >= 15 is 0 Å². The average molecular weight is 636 g/mol. The minimum Gasteiger partial charge on any atom is -0.378 e. The Bertz CT molecular complexity index is 1600. The second-order valence-electron chi connectivity index (χ2n) is 8.67. The first kappa shape index (κ1) is 26.0. The molecule has 0 aliphatic rings. The molecule has 192 valence electrons. The molecule has 8 nitrogen and oxygen atoms in total. The maximum absolute atomic E-state index is 12.8. The van der Waals surface area contributed by atoms with Gasteiger partial charge in [-0.1, -0.05) is 48.2 Å². The van der Waals surface area contributed by atoms with E-state index in [0.29, 0.717) is 11.7 Å². The van der Waals surface area contributed by atoms with Gasteiger partial charge in [-0.25, -0.2) is 5.43 Å². The lowest BCUT2D eigenvalue weighted by Gasteiger charge is -2.14. The highest BCUT2D eigenvalue weighted by atomic mass is 127. The summed E-state index contributed by atoms with van der Waals surface area (Å²) in [7, 11) is 0. The number of H-pyrrole nitrogens is 1. The fourth-order valence-electron chi connectivity index (χ4n) is 4.00. The van der Waals surface area contributed by atoms with Gasteiger partial charge in [-0.2, -0.15) is 5.10 Å². The third-order valence-corrected chi connectivity index (χ3v) is 7.70. The molecular formula is C28H26IN7OS. The molecule has 0 fully saturated rings. The fourth-order valence-corrected chi connectivity index (χ4v) is 5.52. The van der Waals surface area contributed by atoms with E-state index < -0.39 is 5.25 Å². The van der Waals surface area contributed by atoms with Crippen molar-refractivity contribution in [2.45, 2.75) is 30.8 Å². The number of nitrogens with zero attached hydrogens (tertiary/aromatic N) is 4. The van der Waals surface area contributed by atoms with E-state index in [1.165, 1.54) is 15.3 Å². The molecule has 1 amide bonds. The monoisotopic (exact) mass is 635 g/mol. The second-order valence-corrected chi connectivity index (χ2v) is 11.2. The number of rotatable bonds is 9. The van der Waals surface area contributed by atoms with Crippen LogP contribution < -0.4 is 10.7 Å². The number of fused-ring (bicyclic) bond motifs is 1. The Hall–Kier alpha value is -3.64. The number of thioether (sulfide) groups is 1. The number of nitrogens with one attached hydrogen (secondary N) is 3. The Morgan fingerprint density at radius 3 is 2.74 bits per heavy atom. The van der Waals surface area contributed by atoms with Gasteiger partial charge in [0.25, 0.3) is 5.91 Å². The molecular weight excluding hydrogens is 609 g/mol. The highest BCUT2D eigenvalue weighted by molar-refractivity contribution is 14.1. The molecule has 0 saturated heterocycles. The Kier molecular flexibility index (Phi) is 8.08. The largest absolute Gasteiger partial charge is 0.378 e. The zero-order chi connectivity index (χ0) is 26.5. The van der Waals surface area contributed by atoms with E-state index in [1.807, 2.05) is 72.3 Å². The molecule has 0 aliphatic carbocycles. The highest BCUT2D eigenvalue weighted by Crippen LogP contribution is 2.27. The van der Waals surface area contributed by atoms with Crippen molar-refractivity contribution < 1.29 is 4.79 Å². The minimum atomic E-state index is -0.443. The van der Waals surface area contributed by atoms with Crippen LogP contribution in [0.5, 0.6) is 0 Å². The van der Waals surface area contributed by atoms with Crippen LogP contribution in [0.1, 0.15) is 23.9 Å². The number of hydrogen-bond acceptors (Lipinski definition) is 6. The molecule has 0 spiro atoms. The molecule has 0 aliphatic heterocycles. The predicted molar refractivity (Wildman–Crippen MR) is 162 cm³/mol. The number of para-hydroxylation sites is 2. The van der Waals surface area contributed by atoms with Gasteiger partial charge in [0.2, 0.25) is 0 Å². The fraction of sp³-hybridized carbons (Fsp3) is 0.143. The van der Waals surface area contributed by atoms with E-state index in [4.69, 9.17) is 0 Å². The van der Waals surface area contributed by atoms with Crippen molar-refractivity contribution in [3.8, 4) is 5.69 Å². The molecule has 0 radical (unpaired) electrons. The van der Waals surface area contributed by atoms with E-state index in [2.05, 4.69) is 78.7 Å². The zero-order valence-corrected chi connectivity index (χ0v) is 23.8. The lowest BCUT2D eigenvalue weighted by molar-refractivity contribution is -0.120. The minimum absolute atomic E-state index is 0.220. The first-order valence-electron chi connectivity index (χ1n) is 12.0. The van der Waals surface area contributed by atoms with Gasteiger partial charge in [0.05, 0.1) is 18.0 Å². The van der Waals surface area contributed by atoms with Gasteiger partial charge >= 0.3 is 0 Å². The number of hydrazone groups is 1. The predicted octanol–water partition coefficient (Wildman–Crippen LogP) is 5.90. The normalized spacial score (nSPS) is 12.2. The number of hydrogen-bond donors (Lipinski definition) is 3. The number of carbonyl (C=O) groups is 1. The van der Waals surface area contributed by atoms with Crippen molar-refractivity contribution in [2.24, 2.45) is 5.10 Å². The zero-order valence-electron chi connectivity index (χ0n) is 20.9. The van der Waals surface area contributed by atoms with Gasteiger partial charge in [0.15, 0.2) is 11.0 Å². The number of aromatic nitrogens is 4. The van der Waals surface area contributed by atoms with Crippen molar-refractivity contribution in [1.82, 2.24) is 25.2 Å². The second kappa shape index (κ2) is 11.8. The molecule has 5 aromatic rings. The van der Waals surface area contributed by atoms with Crippen LogP contribution >= 0.6 is 34.4 Å². The van der Waals surface area contributed by atoms with Gasteiger partial charge in [0, 0.05) is 37.6 Å². The van der Waals surface area contributed by atoms with Crippen LogP contribution in [0.2, 0.25) is 0 Å². The molecule has 10 heteroatoms.